The van der Waals surface area contributed by atoms with Crippen molar-refractivity contribution in [3.8, 4) is 0 Å². The summed E-state index contributed by atoms with van der Waals surface area (Å²) in [4.78, 5) is 72.5. The van der Waals surface area contributed by atoms with E-state index in [-0.39, 0.29) is 25.7 Å². The van der Waals surface area contributed by atoms with Crippen molar-refractivity contribution in [3.05, 3.63) is 0 Å². The van der Waals surface area contributed by atoms with Crippen molar-refractivity contribution in [2.24, 2.45) is 23.7 Å². The van der Waals surface area contributed by atoms with Gasteiger partial charge in [0.15, 0.2) is 12.2 Å². The second kappa shape index (κ2) is 61.6. The van der Waals surface area contributed by atoms with Crippen LogP contribution < -0.4 is 0 Å². The second-order valence-electron chi connectivity index (χ2n) is 27.6. The summed E-state index contributed by atoms with van der Waals surface area (Å²) in [6.45, 7) is 14.1. The van der Waals surface area contributed by atoms with Gasteiger partial charge in [-0.3, -0.25) is 37.3 Å². The molecule has 3 N–H and O–H groups in total. The summed E-state index contributed by atoms with van der Waals surface area (Å²) in [5.74, 6) is 0.845. The van der Waals surface area contributed by atoms with Crippen LogP contribution in [0.15, 0.2) is 0 Å². The van der Waals surface area contributed by atoms with Gasteiger partial charge in [0.05, 0.1) is 26.4 Å². The second-order valence-corrected chi connectivity index (χ2v) is 30.6. The minimum Gasteiger partial charge on any atom is -0.462 e. The molecular weight excluding hydrogens is 1200 g/mol. The average molecular weight is 1340 g/mol. The van der Waals surface area contributed by atoms with Crippen LogP contribution in [-0.2, 0) is 65.4 Å². The first-order valence-electron chi connectivity index (χ1n) is 37.2. The summed E-state index contributed by atoms with van der Waals surface area (Å²) in [6.07, 6.45) is 44.7. The summed E-state index contributed by atoms with van der Waals surface area (Å²) in [7, 11) is -9.90. The maximum Gasteiger partial charge on any atom is 0.472 e. The van der Waals surface area contributed by atoms with E-state index in [1.54, 1.807) is 0 Å². The van der Waals surface area contributed by atoms with Crippen LogP contribution in [0, 0.1) is 23.7 Å². The van der Waals surface area contributed by atoms with E-state index in [4.69, 9.17) is 37.0 Å². The van der Waals surface area contributed by atoms with Crippen molar-refractivity contribution < 1.29 is 80.2 Å². The lowest BCUT2D eigenvalue weighted by Crippen LogP contribution is -2.30. The zero-order valence-electron chi connectivity index (χ0n) is 59.5. The fraction of sp³-hybridized carbons (Fsp3) is 0.944. The first kappa shape index (κ1) is 89.1. The summed E-state index contributed by atoms with van der Waals surface area (Å²) in [5.41, 5.74) is 0. The van der Waals surface area contributed by atoms with Gasteiger partial charge in [0.2, 0.25) is 0 Å². The van der Waals surface area contributed by atoms with Crippen LogP contribution in [0.2, 0.25) is 0 Å². The number of carbonyl (C=O) groups excluding carboxylic acids is 4. The Morgan fingerprint density at radius 3 is 0.780 bits per heavy atom. The zero-order chi connectivity index (χ0) is 67.5. The van der Waals surface area contributed by atoms with E-state index in [9.17, 15) is 43.2 Å². The van der Waals surface area contributed by atoms with Crippen LogP contribution in [-0.4, -0.2) is 96.7 Å². The molecule has 0 bridgehead atoms. The van der Waals surface area contributed by atoms with Gasteiger partial charge in [-0.2, -0.15) is 0 Å². The molecule has 0 amide bonds. The fourth-order valence-electron chi connectivity index (χ4n) is 10.8. The Labute approximate surface area is 556 Å². The minimum absolute atomic E-state index is 0.101. The number of hydrogen-bond acceptors (Lipinski definition) is 15. The lowest BCUT2D eigenvalue weighted by atomic mass is 9.99. The van der Waals surface area contributed by atoms with Crippen LogP contribution in [0.25, 0.3) is 0 Å². The third-order valence-electron chi connectivity index (χ3n) is 16.9. The van der Waals surface area contributed by atoms with Crippen LogP contribution in [0.1, 0.15) is 357 Å². The van der Waals surface area contributed by atoms with Gasteiger partial charge in [-0.25, -0.2) is 9.13 Å². The molecule has 0 fully saturated rings. The van der Waals surface area contributed by atoms with Gasteiger partial charge in [-0.15, -0.1) is 0 Å². The highest BCUT2D eigenvalue weighted by Crippen LogP contribution is 2.45. The molecule has 0 spiro atoms. The monoisotopic (exact) mass is 1340 g/mol. The normalized spacial score (nSPS) is 14.5. The van der Waals surface area contributed by atoms with Gasteiger partial charge >= 0.3 is 39.5 Å². The van der Waals surface area contributed by atoms with E-state index in [2.05, 4.69) is 55.4 Å². The zero-order valence-corrected chi connectivity index (χ0v) is 61.3. The number of rotatable bonds is 69. The molecule has 19 heteroatoms. The molecule has 0 aromatic carbocycles. The molecule has 0 aromatic heterocycles. The van der Waals surface area contributed by atoms with Crippen molar-refractivity contribution in [1.82, 2.24) is 0 Å². The molecule has 0 saturated heterocycles. The van der Waals surface area contributed by atoms with Crippen LogP contribution >= 0.6 is 15.6 Å². The first-order valence-corrected chi connectivity index (χ1v) is 40.2. The molecule has 4 unspecified atom stereocenters. The van der Waals surface area contributed by atoms with Gasteiger partial charge in [0, 0.05) is 25.7 Å². The number of carbonyl (C=O) groups is 4. The van der Waals surface area contributed by atoms with E-state index in [1.807, 2.05) is 0 Å². The van der Waals surface area contributed by atoms with Crippen molar-refractivity contribution in [1.29, 1.82) is 0 Å². The SMILES string of the molecule is CCC(C)CCCCCCCCCCC(=O)O[C@H](COC(=O)CCCCCCCCCCCCCCCCCCC(C)C)COP(=O)(O)OCC(O)COP(=O)(O)OC[C@@H](COC(=O)CCCCCCCCCCC(C)C)OC(=O)CCCCCCCCC(C)C. The van der Waals surface area contributed by atoms with Crippen molar-refractivity contribution in [2.75, 3.05) is 39.6 Å². The number of aliphatic hydroxyl groups is 1. The molecule has 0 saturated carbocycles. The molecule has 0 radical (unpaired) electrons. The minimum atomic E-state index is -4.95. The van der Waals surface area contributed by atoms with E-state index < -0.39 is 97.5 Å². The van der Waals surface area contributed by atoms with Crippen molar-refractivity contribution in [3.63, 3.8) is 0 Å². The van der Waals surface area contributed by atoms with Crippen LogP contribution in [0.3, 0.4) is 0 Å². The Hall–Kier alpha value is -1.94. The molecule has 0 aliphatic carbocycles. The lowest BCUT2D eigenvalue weighted by molar-refractivity contribution is -0.161. The molecule has 0 rings (SSSR count). The third kappa shape index (κ3) is 65.1. The lowest BCUT2D eigenvalue weighted by Gasteiger charge is -2.21. The Balaban J connectivity index is 5.18. The number of esters is 4. The number of hydrogen-bond donors (Lipinski definition) is 3. The van der Waals surface area contributed by atoms with Gasteiger partial charge < -0.3 is 33.8 Å². The highest BCUT2D eigenvalue weighted by molar-refractivity contribution is 7.47. The highest BCUT2D eigenvalue weighted by Gasteiger charge is 2.30. The molecule has 17 nitrogen and oxygen atoms in total. The van der Waals surface area contributed by atoms with Gasteiger partial charge in [0.1, 0.15) is 19.3 Å². The maximum absolute atomic E-state index is 13.0. The van der Waals surface area contributed by atoms with E-state index >= 15 is 0 Å². The van der Waals surface area contributed by atoms with Crippen LogP contribution in [0.4, 0.5) is 0 Å². The van der Waals surface area contributed by atoms with E-state index in [1.165, 1.54) is 161 Å². The molecule has 6 atom stereocenters. The fourth-order valence-corrected chi connectivity index (χ4v) is 12.4. The number of unbranched alkanes of at least 4 members (excludes halogenated alkanes) is 34. The predicted molar refractivity (Wildman–Crippen MR) is 367 cm³/mol. The number of ether oxygens (including phenoxy) is 4. The molecule has 0 aromatic rings. The highest BCUT2D eigenvalue weighted by atomic mass is 31.2. The standard InChI is InChI=1S/C72H140O17P2/c1-9-65(8)51-43-35-26-21-23-29-38-46-54-71(76)88-67(58-82-69(74)52-44-36-27-19-17-15-13-11-10-12-14-16-18-24-32-40-48-62(2)3)60-86-90(78,79)84-56-66(73)57-85-91(80,81)87-61-68(89-72(77)55-47-39-31-30-34-42-50-64(6)7)59-83-70(75)53-45-37-28-22-20-25-33-41-49-63(4)5/h62-68,73H,9-61H2,1-8H3,(H,78,79)(H,80,81)/t65?,66?,67-,68-/m1/s1. The van der Waals surface area contributed by atoms with Gasteiger partial charge in [-0.1, -0.05) is 306 Å². The molecule has 91 heavy (non-hydrogen) atoms. The topological polar surface area (TPSA) is 237 Å². The molecule has 540 valence electrons. The largest absolute Gasteiger partial charge is 0.472 e. The number of phosphoric acid groups is 2. The van der Waals surface area contributed by atoms with Crippen molar-refractivity contribution in [2.45, 2.75) is 375 Å². The quantitative estimate of drug-likeness (QED) is 0.0222. The van der Waals surface area contributed by atoms with Crippen LogP contribution in [0.5, 0.6) is 0 Å². The van der Waals surface area contributed by atoms with Crippen molar-refractivity contribution >= 4 is 39.5 Å². The Kier molecular flexibility index (Phi) is 60.3. The molecular formula is C72H140O17P2. The molecule has 0 aliphatic rings. The average Bonchev–Trinajstić information content (AvgIpc) is 3.29. The van der Waals surface area contributed by atoms with E-state index in [0.29, 0.717) is 31.6 Å². The van der Waals surface area contributed by atoms with Gasteiger partial charge in [-0.05, 0) is 49.4 Å². The predicted octanol–water partition coefficient (Wildman–Crippen LogP) is 20.5. The Bertz CT molecular complexity index is 1800. The van der Waals surface area contributed by atoms with Gasteiger partial charge in [0.25, 0.3) is 0 Å². The summed E-state index contributed by atoms with van der Waals surface area (Å²) in [5, 5.41) is 10.6. The number of aliphatic hydroxyl groups excluding tert-OH is 1. The first-order chi connectivity index (χ1) is 43.6. The summed E-state index contributed by atoms with van der Waals surface area (Å²) in [6, 6.07) is 0. The molecule has 0 heterocycles. The van der Waals surface area contributed by atoms with E-state index in [0.717, 1.165) is 108 Å². The smallest absolute Gasteiger partial charge is 0.462 e. The maximum atomic E-state index is 13.0. The Morgan fingerprint density at radius 2 is 0.527 bits per heavy atom. The molecule has 0 aliphatic heterocycles. The summed E-state index contributed by atoms with van der Waals surface area (Å²) < 4.78 is 68.3. The summed E-state index contributed by atoms with van der Waals surface area (Å²) >= 11 is 0. The Morgan fingerprint density at radius 1 is 0.308 bits per heavy atom. The third-order valence-corrected chi connectivity index (χ3v) is 18.8. The number of phosphoric ester groups is 2.